The van der Waals surface area contributed by atoms with Gasteiger partial charge >= 0.3 is 0 Å². The molecule has 1 aromatic carbocycles. The first kappa shape index (κ1) is 9.21. The summed E-state index contributed by atoms with van der Waals surface area (Å²) < 4.78 is 1.02. The summed E-state index contributed by atoms with van der Waals surface area (Å²) >= 11 is 3.46. The van der Waals surface area contributed by atoms with Crippen LogP contribution in [-0.4, -0.2) is 4.98 Å². The number of halogens is 1. The first-order valence-electron chi connectivity index (χ1n) is 4.21. The molecular formula is C11H8BrNO. The highest BCUT2D eigenvalue weighted by Crippen LogP contribution is 2.26. The second-order valence-corrected chi connectivity index (χ2v) is 3.78. The molecule has 0 fully saturated rings. The summed E-state index contributed by atoms with van der Waals surface area (Å²) in [5.41, 5.74) is 1.99. The molecule has 1 heterocycles. The van der Waals surface area contributed by atoms with Crippen LogP contribution in [0.1, 0.15) is 0 Å². The monoisotopic (exact) mass is 249 g/mol. The maximum atomic E-state index is 10.9. The van der Waals surface area contributed by atoms with Gasteiger partial charge < -0.3 is 4.98 Å². The summed E-state index contributed by atoms with van der Waals surface area (Å²) in [6.07, 6.45) is 1.71. The fourth-order valence-corrected chi connectivity index (χ4v) is 1.79. The average molecular weight is 250 g/mol. The van der Waals surface area contributed by atoms with Gasteiger partial charge in [0.15, 0.2) is 0 Å². The molecular weight excluding hydrogens is 242 g/mol. The van der Waals surface area contributed by atoms with E-state index in [1.165, 1.54) is 6.07 Å². The molecule has 0 aliphatic heterocycles. The Morgan fingerprint density at radius 3 is 2.50 bits per heavy atom. The molecule has 3 heteroatoms. The summed E-state index contributed by atoms with van der Waals surface area (Å²) in [5, 5.41) is 0. The molecule has 2 rings (SSSR count). The molecule has 1 aromatic heterocycles. The number of pyridine rings is 1. The number of hydrogen-bond acceptors (Lipinski definition) is 1. The van der Waals surface area contributed by atoms with Crippen LogP contribution in [0.2, 0.25) is 0 Å². The first-order valence-corrected chi connectivity index (χ1v) is 5.00. The minimum atomic E-state index is -0.0826. The summed E-state index contributed by atoms with van der Waals surface area (Å²) in [6, 6.07) is 11.2. The Hall–Kier alpha value is -1.35. The summed E-state index contributed by atoms with van der Waals surface area (Å²) in [7, 11) is 0. The Bertz CT molecular complexity index is 484. The third-order valence-corrected chi connectivity index (χ3v) is 2.66. The molecule has 0 saturated carbocycles. The van der Waals surface area contributed by atoms with Gasteiger partial charge in [-0.3, -0.25) is 4.79 Å². The zero-order chi connectivity index (χ0) is 9.97. The van der Waals surface area contributed by atoms with Crippen molar-refractivity contribution in [3.05, 3.63) is 57.4 Å². The van der Waals surface area contributed by atoms with Crippen molar-refractivity contribution in [1.29, 1.82) is 0 Å². The predicted molar refractivity (Wildman–Crippen MR) is 60.2 cm³/mol. The lowest BCUT2D eigenvalue weighted by Crippen LogP contribution is -2.01. The minimum Gasteiger partial charge on any atom is -0.328 e. The molecule has 0 unspecified atom stereocenters. The van der Waals surface area contributed by atoms with Crippen LogP contribution in [-0.2, 0) is 0 Å². The van der Waals surface area contributed by atoms with Gasteiger partial charge in [0.05, 0.1) is 0 Å². The molecule has 0 aliphatic rings. The Labute approximate surface area is 89.7 Å². The number of rotatable bonds is 1. The third kappa shape index (κ3) is 1.77. The molecule has 0 saturated heterocycles. The first-order chi connectivity index (χ1) is 6.77. The van der Waals surface area contributed by atoms with Crippen molar-refractivity contribution in [1.82, 2.24) is 4.98 Å². The predicted octanol–water partition coefficient (Wildman–Crippen LogP) is 2.80. The van der Waals surface area contributed by atoms with Crippen molar-refractivity contribution >= 4 is 15.9 Å². The lowest BCUT2D eigenvalue weighted by Gasteiger charge is -2.02. The Morgan fingerprint density at radius 2 is 1.86 bits per heavy atom. The number of aromatic amines is 1. The molecule has 70 valence electrons. The fraction of sp³-hybridized carbons (Fsp3) is 0. The fourth-order valence-electron chi connectivity index (χ4n) is 1.27. The molecule has 2 nitrogen and oxygen atoms in total. The van der Waals surface area contributed by atoms with E-state index in [-0.39, 0.29) is 5.56 Å². The molecule has 0 bridgehead atoms. The van der Waals surface area contributed by atoms with Gasteiger partial charge in [-0.2, -0.15) is 0 Å². The minimum absolute atomic E-state index is 0.0826. The highest BCUT2D eigenvalue weighted by molar-refractivity contribution is 9.10. The van der Waals surface area contributed by atoms with E-state index in [0.29, 0.717) is 0 Å². The van der Waals surface area contributed by atoms with Crippen molar-refractivity contribution < 1.29 is 0 Å². The molecule has 0 aliphatic carbocycles. The molecule has 14 heavy (non-hydrogen) atoms. The number of H-pyrrole nitrogens is 1. The lowest BCUT2D eigenvalue weighted by atomic mass is 10.1. The van der Waals surface area contributed by atoms with E-state index in [1.54, 1.807) is 12.3 Å². The van der Waals surface area contributed by atoms with Crippen molar-refractivity contribution in [2.45, 2.75) is 0 Å². The van der Waals surface area contributed by atoms with Crippen LogP contribution in [0.4, 0.5) is 0 Å². The van der Waals surface area contributed by atoms with Crippen molar-refractivity contribution in [2.24, 2.45) is 0 Å². The normalized spacial score (nSPS) is 10.1. The lowest BCUT2D eigenvalue weighted by molar-refractivity contribution is 1.24. The van der Waals surface area contributed by atoms with Gasteiger partial charge in [0.25, 0.3) is 0 Å². The Kier molecular flexibility index (Phi) is 2.50. The van der Waals surface area contributed by atoms with Gasteiger partial charge in [0.1, 0.15) is 0 Å². The van der Waals surface area contributed by atoms with E-state index in [1.807, 2.05) is 24.3 Å². The van der Waals surface area contributed by atoms with Gasteiger partial charge in [-0.1, -0.05) is 34.1 Å². The topological polar surface area (TPSA) is 32.9 Å². The second kappa shape index (κ2) is 3.80. The van der Waals surface area contributed by atoms with Crippen molar-refractivity contribution in [3.63, 3.8) is 0 Å². The number of nitrogens with one attached hydrogen (secondary N) is 1. The van der Waals surface area contributed by atoms with Crippen LogP contribution in [0.15, 0.2) is 51.9 Å². The van der Waals surface area contributed by atoms with Crippen LogP contribution in [0.25, 0.3) is 11.1 Å². The van der Waals surface area contributed by atoms with Gasteiger partial charge in [0, 0.05) is 16.7 Å². The smallest absolute Gasteiger partial charge is 0.247 e. The van der Waals surface area contributed by atoms with Crippen molar-refractivity contribution in [3.8, 4) is 11.1 Å². The van der Waals surface area contributed by atoms with Gasteiger partial charge in [-0.05, 0) is 23.3 Å². The Morgan fingerprint density at radius 1 is 1.07 bits per heavy atom. The number of benzene rings is 1. The highest BCUT2D eigenvalue weighted by Gasteiger charge is 2.00. The van der Waals surface area contributed by atoms with Crippen LogP contribution in [0.5, 0.6) is 0 Å². The zero-order valence-electron chi connectivity index (χ0n) is 7.33. The SMILES string of the molecule is O=c1ccc(-c2ccccc2Br)c[nH]1. The summed E-state index contributed by atoms with van der Waals surface area (Å²) in [6.45, 7) is 0. The van der Waals surface area contributed by atoms with E-state index in [9.17, 15) is 4.79 Å². The van der Waals surface area contributed by atoms with Crippen molar-refractivity contribution in [2.75, 3.05) is 0 Å². The van der Waals surface area contributed by atoms with Gasteiger partial charge in [-0.15, -0.1) is 0 Å². The molecule has 0 amide bonds. The quantitative estimate of drug-likeness (QED) is 0.829. The summed E-state index contributed by atoms with van der Waals surface area (Å²) in [4.78, 5) is 13.5. The largest absolute Gasteiger partial charge is 0.328 e. The molecule has 0 spiro atoms. The highest BCUT2D eigenvalue weighted by atomic mass is 79.9. The summed E-state index contributed by atoms with van der Waals surface area (Å²) in [5.74, 6) is 0. The van der Waals surface area contributed by atoms with Crippen LogP contribution in [0, 0.1) is 0 Å². The average Bonchev–Trinajstić information content (AvgIpc) is 2.20. The van der Waals surface area contributed by atoms with E-state index in [2.05, 4.69) is 20.9 Å². The van der Waals surface area contributed by atoms with E-state index in [4.69, 9.17) is 0 Å². The van der Waals surface area contributed by atoms with Gasteiger partial charge in [0.2, 0.25) is 5.56 Å². The molecule has 0 atom stereocenters. The van der Waals surface area contributed by atoms with E-state index in [0.717, 1.165) is 15.6 Å². The number of aromatic nitrogens is 1. The third-order valence-electron chi connectivity index (χ3n) is 1.97. The Balaban J connectivity index is 2.55. The number of hydrogen-bond donors (Lipinski definition) is 1. The zero-order valence-corrected chi connectivity index (χ0v) is 8.91. The maximum absolute atomic E-state index is 10.9. The standard InChI is InChI=1S/C11H8BrNO/c12-10-4-2-1-3-9(10)8-5-6-11(14)13-7-8/h1-7H,(H,13,14). The molecule has 0 radical (unpaired) electrons. The van der Waals surface area contributed by atoms with E-state index >= 15 is 0 Å². The van der Waals surface area contributed by atoms with E-state index < -0.39 is 0 Å². The van der Waals surface area contributed by atoms with Gasteiger partial charge in [-0.25, -0.2) is 0 Å². The van der Waals surface area contributed by atoms with Crippen LogP contribution in [0.3, 0.4) is 0 Å². The molecule has 2 aromatic rings. The van der Waals surface area contributed by atoms with Crippen LogP contribution < -0.4 is 5.56 Å². The maximum Gasteiger partial charge on any atom is 0.247 e. The van der Waals surface area contributed by atoms with Crippen LogP contribution >= 0.6 is 15.9 Å². The second-order valence-electron chi connectivity index (χ2n) is 2.92. The molecule has 1 N–H and O–H groups in total.